The van der Waals surface area contributed by atoms with Gasteiger partial charge in [-0.3, -0.25) is 4.79 Å². The van der Waals surface area contributed by atoms with Crippen LogP contribution in [0.4, 0.5) is 0 Å². The summed E-state index contributed by atoms with van der Waals surface area (Å²) in [5, 5.41) is 12.0. The number of hydrogen-bond donors (Lipinski definition) is 2. The number of ether oxygens (including phenoxy) is 1. The molecule has 5 nitrogen and oxygen atoms in total. The number of carboxylic acid groups (broad SMARTS) is 1. The van der Waals surface area contributed by atoms with Gasteiger partial charge in [0.05, 0.1) is 0 Å². The second kappa shape index (κ2) is 5.69. The van der Waals surface area contributed by atoms with Crippen molar-refractivity contribution in [1.82, 2.24) is 5.32 Å². The fourth-order valence-corrected chi connectivity index (χ4v) is 2.56. The molecule has 5 heteroatoms. The zero-order valence-corrected chi connectivity index (χ0v) is 10.6. The maximum Gasteiger partial charge on any atom is 0.329 e. The monoisotopic (exact) mass is 255 g/mol. The van der Waals surface area contributed by atoms with Gasteiger partial charge in [0.2, 0.25) is 5.91 Å². The summed E-state index contributed by atoms with van der Waals surface area (Å²) >= 11 is 0. The van der Waals surface area contributed by atoms with Crippen LogP contribution in [0.5, 0.6) is 0 Å². The van der Waals surface area contributed by atoms with Crippen molar-refractivity contribution in [3.8, 4) is 0 Å². The van der Waals surface area contributed by atoms with Crippen LogP contribution in [-0.2, 0) is 14.3 Å². The maximum absolute atomic E-state index is 11.9. The molecule has 102 valence electrons. The molecule has 0 aromatic carbocycles. The molecule has 2 aliphatic rings. The highest BCUT2D eigenvalue weighted by Crippen LogP contribution is 2.30. The highest BCUT2D eigenvalue weighted by Gasteiger charge is 2.41. The first kappa shape index (κ1) is 13.3. The third kappa shape index (κ3) is 3.02. The minimum Gasteiger partial charge on any atom is -0.480 e. The van der Waals surface area contributed by atoms with Gasteiger partial charge in [0, 0.05) is 32.5 Å². The molecule has 1 aliphatic heterocycles. The van der Waals surface area contributed by atoms with Gasteiger partial charge >= 0.3 is 5.97 Å². The largest absolute Gasteiger partial charge is 0.480 e. The average Bonchev–Trinajstić information content (AvgIpc) is 2.28. The quantitative estimate of drug-likeness (QED) is 0.776. The van der Waals surface area contributed by atoms with E-state index < -0.39 is 11.5 Å². The smallest absolute Gasteiger partial charge is 0.329 e. The highest BCUT2D eigenvalue weighted by molar-refractivity contribution is 5.87. The molecule has 0 aromatic heterocycles. The van der Waals surface area contributed by atoms with Crippen LogP contribution < -0.4 is 5.32 Å². The van der Waals surface area contributed by atoms with E-state index in [9.17, 15) is 14.7 Å². The van der Waals surface area contributed by atoms with Crippen molar-refractivity contribution in [2.45, 2.75) is 50.5 Å². The predicted octanol–water partition coefficient (Wildman–Crippen LogP) is 1.32. The minimum absolute atomic E-state index is 0.133. The van der Waals surface area contributed by atoms with Gasteiger partial charge in [-0.2, -0.15) is 0 Å². The molecule has 2 fully saturated rings. The number of carboxylic acids is 1. The van der Waals surface area contributed by atoms with Crippen LogP contribution in [0, 0.1) is 5.92 Å². The second-order valence-corrected chi connectivity index (χ2v) is 5.38. The van der Waals surface area contributed by atoms with E-state index in [1.54, 1.807) is 0 Å². The Balaban J connectivity index is 1.83. The van der Waals surface area contributed by atoms with E-state index in [1.807, 2.05) is 0 Å². The number of aliphatic carboxylic acids is 1. The molecule has 0 aromatic rings. The summed E-state index contributed by atoms with van der Waals surface area (Å²) < 4.78 is 5.17. The van der Waals surface area contributed by atoms with Gasteiger partial charge in [0.15, 0.2) is 0 Å². The first-order valence-corrected chi connectivity index (χ1v) is 6.74. The summed E-state index contributed by atoms with van der Waals surface area (Å²) in [6.07, 6.45) is 5.74. The summed E-state index contributed by atoms with van der Waals surface area (Å²) in [7, 11) is 0. The SMILES string of the molecule is O=C(CCC1CCC1)NC1(C(=O)O)CCOCC1. The lowest BCUT2D eigenvalue weighted by molar-refractivity contribution is -0.152. The third-order valence-electron chi connectivity index (χ3n) is 4.14. The van der Waals surface area contributed by atoms with Crippen LogP contribution >= 0.6 is 0 Å². The molecule has 1 heterocycles. The Morgan fingerprint density at radius 2 is 1.94 bits per heavy atom. The zero-order valence-electron chi connectivity index (χ0n) is 10.6. The Hall–Kier alpha value is -1.10. The molecule has 0 atom stereocenters. The van der Waals surface area contributed by atoms with E-state index in [4.69, 9.17) is 4.74 Å². The fourth-order valence-electron chi connectivity index (χ4n) is 2.56. The van der Waals surface area contributed by atoms with Crippen molar-refractivity contribution in [3.63, 3.8) is 0 Å². The van der Waals surface area contributed by atoms with E-state index in [0.29, 0.717) is 38.4 Å². The van der Waals surface area contributed by atoms with Crippen molar-refractivity contribution in [2.75, 3.05) is 13.2 Å². The van der Waals surface area contributed by atoms with Crippen LogP contribution in [0.25, 0.3) is 0 Å². The number of rotatable bonds is 5. The molecule has 1 aliphatic carbocycles. The molecule has 2 rings (SSSR count). The Kier molecular flexibility index (Phi) is 4.22. The van der Waals surface area contributed by atoms with Gasteiger partial charge in [-0.1, -0.05) is 19.3 Å². The van der Waals surface area contributed by atoms with Gasteiger partial charge in [0.1, 0.15) is 5.54 Å². The molecule has 18 heavy (non-hydrogen) atoms. The van der Waals surface area contributed by atoms with Crippen LogP contribution in [0.3, 0.4) is 0 Å². The molecule has 2 N–H and O–H groups in total. The van der Waals surface area contributed by atoms with E-state index in [0.717, 1.165) is 6.42 Å². The maximum atomic E-state index is 11.9. The Bertz CT molecular complexity index is 319. The standard InChI is InChI=1S/C13H21NO4/c15-11(5-4-10-2-1-3-10)14-13(12(16)17)6-8-18-9-7-13/h10H,1-9H2,(H,14,15)(H,16,17). The molecule has 0 unspecified atom stereocenters. The molecular formula is C13H21NO4. The Labute approximate surface area is 107 Å². The van der Waals surface area contributed by atoms with Crippen LogP contribution in [0.2, 0.25) is 0 Å². The van der Waals surface area contributed by atoms with E-state index >= 15 is 0 Å². The lowest BCUT2D eigenvalue weighted by atomic mass is 9.82. The molecule has 0 radical (unpaired) electrons. The fraction of sp³-hybridized carbons (Fsp3) is 0.846. The van der Waals surface area contributed by atoms with Crippen LogP contribution in [0.15, 0.2) is 0 Å². The summed E-state index contributed by atoms with van der Waals surface area (Å²) in [4.78, 5) is 23.2. The first-order chi connectivity index (χ1) is 8.62. The van der Waals surface area contributed by atoms with Gasteiger partial charge in [-0.15, -0.1) is 0 Å². The van der Waals surface area contributed by atoms with Gasteiger partial charge in [-0.05, 0) is 12.3 Å². The van der Waals surface area contributed by atoms with Crippen molar-refractivity contribution >= 4 is 11.9 Å². The zero-order chi connectivity index (χ0) is 13.0. The number of hydrogen-bond acceptors (Lipinski definition) is 3. The topological polar surface area (TPSA) is 75.6 Å². The minimum atomic E-state index is -1.10. The van der Waals surface area contributed by atoms with Crippen molar-refractivity contribution in [3.05, 3.63) is 0 Å². The first-order valence-electron chi connectivity index (χ1n) is 6.74. The van der Waals surface area contributed by atoms with Gasteiger partial charge in [-0.25, -0.2) is 4.79 Å². The lowest BCUT2D eigenvalue weighted by Crippen LogP contribution is -2.57. The average molecular weight is 255 g/mol. The Morgan fingerprint density at radius 1 is 1.28 bits per heavy atom. The molecular weight excluding hydrogens is 234 g/mol. The molecule has 1 saturated carbocycles. The number of carbonyl (C=O) groups is 2. The van der Waals surface area contributed by atoms with Crippen molar-refractivity contribution in [1.29, 1.82) is 0 Å². The number of nitrogens with one attached hydrogen (secondary N) is 1. The molecule has 1 saturated heterocycles. The number of amides is 1. The normalized spacial score (nSPS) is 23.1. The number of carbonyl (C=O) groups excluding carboxylic acids is 1. The second-order valence-electron chi connectivity index (χ2n) is 5.38. The summed E-state index contributed by atoms with van der Waals surface area (Å²) in [6.45, 7) is 0.796. The third-order valence-corrected chi connectivity index (χ3v) is 4.14. The van der Waals surface area contributed by atoms with Crippen LogP contribution in [-0.4, -0.2) is 35.7 Å². The van der Waals surface area contributed by atoms with Crippen molar-refractivity contribution < 1.29 is 19.4 Å². The summed E-state index contributed by atoms with van der Waals surface area (Å²) in [5.74, 6) is -0.403. The van der Waals surface area contributed by atoms with Gasteiger partial charge in [0.25, 0.3) is 0 Å². The molecule has 0 bridgehead atoms. The lowest BCUT2D eigenvalue weighted by Gasteiger charge is -2.34. The van der Waals surface area contributed by atoms with Gasteiger partial charge < -0.3 is 15.2 Å². The predicted molar refractivity (Wildman–Crippen MR) is 65.1 cm³/mol. The Morgan fingerprint density at radius 3 is 2.44 bits per heavy atom. The summed E-state index contributed by atoms with van der Waals surface area (Å²) in [5.41, 5.74) is -1.10. The van der Waals surface area contributed by atoms with E-state index in [1.165, 1.54) is 19.3 Å². The van der Waals surface area contributed by atoms with Crippen LogP contribution in [0.1, 0.15) is 44.9 Å². The van der Waals surface area contributed by atoms with E-state index in [2.05, 4.69) is 5.32 Å². The van der Waals surface area contributed by atoms with E-state index in [-0.39, 0.29) is 5.91 Å². The highest BCUT2D eigenvalue weighted by atomic mass is 16.5. The summed E-state index contributed by atoms with van der Waals surface area (Å²) in [6, 6.07) is 0. The molecule has 0 spiro atoms. The molecule has 1 amide bonds. The van der Waals surface area contributed by atoms with Crippen molar-refractivity contribution in [2.24, 2.45) is 5.92 Å².